The van der Waals surface area contributed by atoms with Crippen LogP contribution in [-0.2, 0) is 17.8 Å². The number of nitrogens with one attached hydrogen (secondary N) is 1. The SMILES string of the molecule is COc1ccc(CCC(=O)NCc2ccccc2OC(F)F)cc1. The maximum absolute atomic E-state index is 12.3. The quantitative estimate of drug-likeness (QED) is 0.803. The van der Waals surface area contributed by atoms with Gasteiger partial charge in [-0.05, 0) is 30.2 Å². The van der Waals surface area contributed by atoms with Gasteiger partial charge in [-0.15, -0.1) is 0 Å². The minimum Gasteiger partial charge on any atom is -0.497 e. The average molecular weight is 335 g/mol. The van der Waals surface area contributed by atoms with Gasteiger partial charge in [0.1, 0.15) is 11.5 Å². The number of halogens is 2. The fourth-order valence-electron chi connectivity index (χ4n) is 2.19. The van der Waals surface area contributed by atoms with Gasteiger partial charge >= 0.3 is 6.61 Å². The van der Waals surface area contributed by atoms with Crippen molar-refractivity contribution >= 4 is 5.91 Å². The first-order chi connectivity index (χ1) is 11.6. The van der Waals surface area contributed by atoms with E-state index in [1.165, 1.54) is 6.07 Å². The number of amides is 1. The predicted molar refractivity (Wildman–Crippen MR) is 86.2 cm³/mol. The molecule has 0 fully saturated rings. The van der Waals surface area contributed by atoms with Gasteiger partial charge in [-0.2, -0.15) is 8.78 Å². The zero-order valence-electron chi connectivity index (χ0n) is 13.3. The van der Waals surface area contributed by atoms with E-state index in [1.54, 1.807) is 25.3 Å². The lowest BCUT2D eigenvalue weighted by atomic mass is 10.1. The lowest BCUT2D eigenvalue weighted by molar-refractivity contribution is -0.121. The Balaban J connectivity index is 1.82. The number of methoxy groups -OCH3 is 1. The monoisotopic (exact) mass is 335 g/mol. The zero-order chi connectivity index (χ0) is 17.4. The van der Waals surface area contributed by atoms with Gasteiger partial charge in [0.05, 0.1) is 7.11 Å². The topological polar surface area (TPSA) is 47.6 Å². The molecule has 24 heavy (non-hydrogen) atoms. The molecule has 0 unspecified atom stereocenters. The summed E-state index contributed by atoms with van der Waals surface area (Å²) >= 11 is 0. The number of para-hydroxylation sites is 1. The molecule has 2 aromatic rings. The summed E-state index contributed by atoms with van der Waals surface area (Å²) in [5, 5.41) is 2.72. The lowest BCUT2D eigenvalue weighted by Gasteiger charge is -2.11. The fourth-order valence-corrected chi connectivity index (χ4v) is 2.19. The van der Waals surface area contributed by atoms with Crippen LogP contribution in [-0.4, -0.2) is 19.6 Å². The molecular weight excluding hydrogens is 316 g/mol. The number of hydrogen-bond acceptors (Lipinski definition) is 3. The van der Waals surface area contributed by atoms with Crippen molar-refractivity contribution in [2.75, 3.05) is 7.11 Å². The van der Waals surface area contributed by atoms with E-state index in [9.17, 15) is 13.6 Å². The first-order valence-electron chi connectivity index (χ1n) is 7.51. The first kappa shape index (κ1) is 17.7. The second-order valence-corrected chi connectivity index (χ2v) is 5.11. The summed E-state index contributed by atoms with van der Waals surface area (Å²) in [5.74, 6) is 0.680. The maximum Gasteiger partial charge on any atom is 0.387 e. The van der Waals surface area contributed by atoms with Crippen LogP contribution in [0.3, 0.4) is 0 Å². The number of rotatable bonds is 8. The highest BCUT2D eigenvalue weighted by Crippen LogP contribution is 2.20. The van der Waals surface area contributed by atoms with E-state index < -0.39 is 6.61 Å². The van der Waals surface area contributed by atoms with Crippen molar-refractivity contribution < 1.29 is 23.0 Å². The third-order valence-corrected chi connectivity index (χ3v) is 3.46. The predicted octanol–water partition coefficient (Wildman–Crippen LogP) is 3.55. The number of aryl methyl sites for hydroxylation is 1. The second kappa shape index (κ2) is 8.86. The largest absolute Gasteiger partial charge is 0.497 e. The number of hydrogen-bond donors (Lipinski definition) is 1. The molecule has 0 bridgehead atoms. The Kier molecular flexibility index (Phi) is 6.54. The molecule has 1 amide bonds. The van der Waals surface area contributed by atoms with Crippen LogP contribution in [0.4, 0.5) is 8.78 Å². The van der Waals surface area contributed by atoms with Gasteiger partial charge in [0.25, 0.3) is 0 Å². The molecule has 0 radical (unpaired) electrons. The highest BCUT2D eigenvalue weighted by Gasteiger charge is 2.10. The van der Waals surface area contributed by atoms with E-state index in [0.29, 0.717) is 18.4 Å². The van der Waals surface area contributed by atoms with Crippen molar-refractivity contribution in [1.29, 1.82) is 0 Å². The second-order valence-electron chi connectivity index (χ2n) is 5.11. The Morgan fingerprint density at radius 2 is 1.83 bits per heavy atom. The molecule has 0 saturated carbocycles. The summed E-state index contributed by atoms with van der Waals surface area (Å²) in [5.41, 5.74) is 1.53. The van der Waals surface area contributed by atoms with Crippen LogP contribution in [0.2, 0.25) is 0 Å². The summed E-state index contributed by atoms with van der Waals surface area (Å²) in [6, 6.07) is 13.9. The van der Waals surface area contributed by atoms with Crippen molar-refractivity contribution in [2.45, 2.75) is 26.0 Å². The van der Waals surface area contributed by atoms with Gasteiger partial charge in [-0.1, -0.05) is 30.3 Å². The highest BCUT2D eigenvalue weighted by atomic mass is 19.3. The molecule has 6 heteroatoms. The summed E-state index contributed by atoms with van der Waals surface area (Å²) in [7, 11) is 1.60. The van der Waals surface area contributed by atoms with Gasteiger partial charge in [-0.25, -0.2) is 0 Å². The summed E-state index contributed by atoms with van der Waals surface area (Å²) < 4.78 is 34.2. The van der Waals surface area contributed by atoms with Crippen LogP contribution in [0.25, 0.3) is 0 Å². The fraction of sp³-hybridized carbons (Fsp3) is 0.278. The number of carbonyl (C=O) groups is 1. The molecule has 0 spiro atoms. The summed E-state index contributed by atoms with van der Waals surface area (Å²) in [6.45, 7) is -2.75. The normalized spacial score (nSPS) is 10.5. The molecule has 0 heterocycles. The van der Waals surface area contributed by atoms with Gasteiger partial charge in [-0.3, -0.25) is 4.79 Å². The molecular formula is C18H19F2NO3. The standard InChI is InChI=1S/C18H19F2NO3/c1-23-15-9-6-13(7-10-15)8-11-17(22)21-12-14-4-2-3-5-16(14)24-18(19)20/h2-7,9-10,18H,8,11-12H2,1H3,(H,21,22). The number of carbonyl (C=O) groups excluding carboxylic acids is 1. The summed E-state index contributed by atoms with van der Waals surface area (Å²) in [4.78, 5) is 11.9. The molecule has 0 aliphatic rings. The third kappa shape index (κ3) is 5.53. The Labute approximate surface area is 139 Å². The molecule has 2 aromatic carbocycles. The van der Waals surface area contributed by atoms with Crippen LogP contribution in [0.15, 0.2) is 48.5 Å². The molecule has 0 saturated heterocycles. The van der Waals surface area contributed by atoms with Crippen molar-refractivity contribution in [2.24, 2.45) is 0 Å². The molecule has 128 valence electrons. The minimum absolute atomic E-state index is 0.0722. The average Bonchev–Trinajstić information content (AvgIpc) is 2.59. The van der Waals surface area contributed by atoms with E-state index in [4.69, 9.17) is 4.74 Å². The molecule has 1 N–H and O–H groups in total. The van der Waals surface area contributed by atoms with Gasteiger partial charge in [0.2, 0.25) is 5.91 Å². The molecule has 0 aliphatic heterocycles. The number of benzene rings is 2. The summed E-state index contributed by atoms with van der Waals surface area (Å²) in [6.07, 6.45) is 0.898. The first-order valence-corrected chi connectivity index (χ1v) is 7.51. The van der Waals surface area contributed by atoms with Crippen molar-refractivity contribution in [3.8, 4) is 11.5 Å². The maximum atomic E-state index is 12.3. The third-order valence-electron chi connectivity index (χ3n) is 3.46. The molecule has 0 aromatic heterocycles. The Morgan fingerprint density at radius 1 is 1.12 bits per heavy atom. The van der Waals surface area contributed by atoms with Gasteiger partial charge in [0, 0.05) is 18.5 Å². The Bertz CT molecular complexity index is 660. The number of ether oxygens (including phenoxy) is 2. The van der Waals surface area contributed by atoms with E-state index >= 15 is 0 Å². The zero-order valence-corrected chi connectivity index (χ0v) is 13.3. The van der Waals surface area contributed by atoms with E-state index in [-0.39, 0.29) is 18.2 Å². The lowest BCUT2D eigenvalue weighted by Crippen LogP contribution is -2.23. The van der Waals surface area contributed by atoms with Gasteiger partial charge < -0.3 is 14.8 Å². The van der Waals surface area contributed by atoms with Crippen LogP contribution >= 0.6 is 0 Å². The molecule has 0 atom stereocenters. The Morgan fingerprint density at radius 3 is 2.50 bits per heavy atom. The molecule has 4 nitrogen and oxygen atoms in total. The van der Waals surface area contributed by atoms with E-state index in [2.05, 4.69) is 10.1 Å². The van der Waals surface area contributed by atoms with Crippen molar-refractivity contribution in [1.82, 2.24) is 5.32 Å². The van der Waals surface area contributed by atoms with Crippen LogP contribution < -0.4 is 14.8 Å². The van der Waals surface area contributed by atoms with Crippen LogP contribution in [0.5, 0.6) is 11.5 Å². The van der Waals surface area contributed by atoms with Crippen molar-refractivity contribution in [3.05, 3.63) is 59.7 Å². The van der Waals surface area contributed by atoms with Gasteiger partial charge in [0.15, 0.2) is 0 Å². The van der Waals surface area contributed by atoms with E-state index in [0.717, 1.165) is 11.3 Å². The van der Waals surface area contributed by atoms with Crippen LogP contribution in [0.1, 0.15) is 17.5 Å². The highest BCUT2D eigenvalue weighted by molar-refractivity contribution is 5.76. The van der Waals surface area contributed by atoms with Crippen LogP contribution in [0, 0.1) is 0 Å². The molecule has 2 rings (SSSR count). The minimum atomic E-state index is -2.89. The Hall–Kier alpha value is -2.63. The van der Waals surface area contributed by atoms with Crippen molar-refractivity contribution in [3.63, 3.8) is 0 Å². The van der Waals surface area contributed by atoms with E-state index in [1.807, 2.05) is 24.3 Å². The number of alkyl halides is 2. The molecule has 0 aliphatic carbocycles. The smallest absolute Gasteiger partial charge is 0.387 e.